The topological polar surface area (TPSA) is 24.9 Å². The van der Waals surface area contributed by atoms with Crippen LogP contribution in [-0.2, 0) is 6.18 Å². The first kappa shape index (κ1) is 15.9. The van der Waals surface area contributed by atoms with E-state index in [4.69, 9.17) is 0 Å². The summed E-state index contributed by atoms with van der Waals surface area (Å²) in [7, 11) is 1.74. The van der Waals surface area contributed by atoms with E-state index in [1.54, 1.807) is 19.3 Å². The molecule has 1 heterocycles. The third kappa shape index (κ3) is 4.47. The number of alkyl halides is 3. The maximum absolute atomic E-state index is 12.8. The molecule has 2 aromatic rings. The third-order valence-electron chi connectivity index (χ3n) is 3.00. The summed E-state index contributed by atoms with van der Waals surface area (Å²) in [6.07, 6.45) is -2.62. The van der Waals surface area contributed by atoms with Gasteiger partial charge in [-0.05, 0) is 36.9 Å². The molecule has 2 rings (SSSR count). The van der Waals surface area contributed by atoms with Gasteiger partial charge in [0.25, 0.3) is 0 Å². The van der Waals surface area contributed by atoms with Crippen molar-refractivity contribution < 1.29 is 13.2 Å². The quantitative estimate of drug-likeness (QED) is 0.840. The van der Waals surface area contributed by atoms with Crippen LogP contribution in [0.5, 0.6) is 0 Å². The van der Waals surface area contributed by atoms with Crippen molar-refractivity contribution in [2.45, 2.75) is 17.2 Å². The van der Waals surface area contributed by atoms with Crippen LogP contribution in [-0.4, -0.2) is 17.8 Å². The van der Waals surface area contributed by atoms with Crippen LogP contribution in [0.15, 0.2) is 53.7 Å². The molecule has 112 valence electrons. The Balaban J connectivity index is 2.10. The van der Waals surface area contributed by atoms with E-state index in [9.17, 15) is 13.2 Å². The van der Waals surface area contributed by atoms with Crippen LogP contribution in [0, 0.1) is 0 Å². The fraction of sp³-hybridized carbons (Fsp3) is 0.267. The number of pyridine rings is 1. The number of hydrogen-bond donors (Lipinski definition) is 1. The van der Waals surface area contributed by atoms with Crippen molar-refractivity contribution >= 4 is 11.8 Å². The number of rotatable bonds is 5. The molecule has 2 nitrogen and oxygen atoms in total. The summed E-state index contributed by atoms with van der Waals surface area (Å²) in [6, 6.07) is 10.8. The van der Waals surface area contributed by atoms with Gasteiger partial charge in [-0.3, -0.25) is 0 Å². The smallest absolute Gasteiger partial charge is 0.312 e. The maximum Gasteiger partial charge on any atom is 0.416 e. The number of thioether (sulfide) groups is 1. The molecular formula is C15H15F3N2S. The van der Waals surface area contributed by atoms with Crippen LogP contribution < -0.4 is 5.32 Å². The van der Waals surface area contributed by atoms with E-state index in [1.165, 1.54) is 23.9 Å². The Kier molecular flexibility index (Phi) is 5.25. The van der Waals surface area contributed by atoms with E-state index >= 15 is 0 Å². The highest BCUT2D eigenvalue weighted by molar-refractivity contribution is 7.99. The van der Waals surface area contributed by atoms with Gasteiger partial charge in [-0.1, -0.05) is 18.2 Å². The van der Waals surface area contributed by atoms with Gasteiger partial charge in [0.2, 0.25) is 0 Å². The molecule has 0 fully saturated rings. The van der Waals surface area contributed by atoms with Crippen molar-refractivity contribution in [3.63, 3.8) is 0 Å². The van der Waals surface area contributed by atoms with Gasteiger partial charge in [-0.2, -0.15) is 13.2 Å². The molecule has 0 amide bonds. The first-order valence-electron chi connectivity index (χ1n) is 6.39. The Hall–Kier alpha value is -1.53. The summed E-state index contributed by atoms with van der Waals surface area (Å²) in [6.45, 7) is 0. The zero-order chi connectivity index (χ0) is 15.3. The monoisotopic (exact) mass is 312 g/mol. The predicted molar refractivity (Wildman–Crippen MR) is 78.2 cm³/mol. The van der Waals surface area contributed by atoms with Crippen LogP contribution in [0.4, 0.5) is 13.2 Å². The predicted octanol–water partition coefficient (Wildman–Crippen LogP) is 4.15. The van der Waals surface area contributed by atoms with Crippen molar-refractivity contribution in [3.05, 3.63) is 59.8 Å². The molecule has 0 aliphatic carbocycles. The molecule has 0 spiro atoms. The highest BCUT2D eigenvalue weighted by Gasteiger charge is 2.30. The number of nitrogens with one attached hydrogen (secondary N) is 1. The summed E-state index contributed by atoms with van der Waals surface area (Å²) < 4.78 is 38.3. The lowest BCUT2D eigenvalue weighted by Gasteiger charge is -2.17. The van der Waals surface area contributed by atoms with Crippen molar-refractivity contribution in [1.29, 1.82) is 0 Å². The molecule has 0 aliphatic rings. The Bertz CT molecular complexity index is 573. The molecule has 0 bridgehead atoms. The SMILES string of the molecule is CNC(CSc1ccccn1)c1cccc(C(F)(F)F)c1. The van der Waals surface area contributed by atoms with Crippen LogP contribution in [0.2, 0.25) is 0 Å². The molecule has 0 saturated carbocycles. The number of aromatic nitrogens is 1. The second-order valence-corrected chi connectivity index (χ2v) is 5.48. The highest BCUT2D eigenvalue weighted by Crippen LogP contribution is 2.31. The van der Waals surface area contributed by atoms with Crippen molar-refractivity contribution in [3.8, 4) is 0 Å². The van der Waals surface area contributed by atoms with Crippen molar-refractivity contribution in [1.82, 2.24) is 10.3 Å². The Morgan fingerprint density at radius 1 is 1.19 bits per heavy atom. The minimum Gasteiger partial charge on any atom is -0.312 e. The molecule has 1 aromatic heterocycles. The number of halogens is 3. The lowest BCUT2D eigenvalue weighted by atomic mass is 10.1. The molecule has 1 unspecified atom stereocenters. The van der Waals surface area contributed by atoms with Crippen LogP contribution in [0.1, 0.15) is 17.2 Å². The second kappa shape index (κ2) is 6.95. The van der Waals surface area contributed by atoms with Crippen LogP contribution >= 0.6 is 11.8 Å². The first-order chi connectivity index (χ1) is 10.0. The normalized spacial score (nSPS) is 13.1. The van der Waals surface area contributed by atoms with Gasteiger partial charge in [-0.15, -0.1) is 11.8 Å². The zero-order valence-electron chi connectivity index (χ0n) is 11.4. The standard InChI is InChI=1S/C15H15F3N2S/c1-19-13(10-21-14-7-2-3-8-20-14)11-5-4-6-12(9-11)15(16,17)18/h2-9,13,19H,10H2,1H3. The average molecular weight is 312 g/mol. The first-order valence-corrected chi connectivity index (χ1v) is 7.37. The van der Waals surface area contributed by atoms with Gasteiger partial charge in [0.05, 0.1) is 10.6 Å². The Morgan fingerprint density at radius 3 is 2.62 bits per heavy atom. The minimum atomic E-state index is -4.32. The lowest BCUT2D eigenvalue weighted by Crippen LogP contribution is -2.19. The van der Waals surface area contributed by atoms with E-state index in [0.717, 1.165) is 11.1 Å². The molecular weight excluding hydrogens is 297 g/mol. The summed E-state index contributed by atoms with van der Waals surface area (Å²) in [5.41, 5.74) is -0.00107. The third-order valence-corrected chi connectivity index (χ3v) is 4.04. The van der Waals surface area contributed by atoms with Gasteiger partial charge in [0, 0.05) is 18.0 Å². The summed E-state index contributed by atoms with van der Waals surface area (Å²) in [5, 5.41) is 3.90. The van der Waals surface area contributed by atoms with Crippen molar-refractivity contribution in [2.75, 3.05) is 12.8 Å². The summed E-state index contributed by atoms with van der Waals surface area (Å²) >= 11 is 1.51. The summed E-state index contributed by atoms with van der Waals surface area (Å²) in [4.78, 5) is 4.19. The van der Waals surface area contributed by atoms with Gasteiger partial charge in [-0.25, -0.2) is 4.98 Å². The van der Waals surface area contributed by atoms with Crippen molar-refractivity contribution in [2.24, 2.45) is 0 Å². The van der Waals surface area contributed by atoms with Gasteiger partial charge in [0.1, 0.15) is 0 Å². The number of nitrogens with zero attached hydrogens (tertiary/aromatic N) is 1. The van der Waals surface area contributed by atoms with Crippen LogP contribution in [0.25, 0.3) is 0 Å². The molecule has 0 aliphatic heterocycles. The van der Waals surface area contributed by atoms with Gasteiger partial charge < -0.3 is 5.32 Å². The van der Waals surface area contributed by atoms with E-state index < -0.39 is 11.7 Å². The number of hydrogen-bond acceptors (Lipinski definition) is 3. The highest BCUT2D eigenvalue weighted by atomic mass is 32.2. The van der Waals surface area contributed by atoms with E-state index in [1.807, 2.05) is 18.2 Å². The summed E-state index contributed by atoms with van der Waals surface area (Å²) in [5.74, 6) is 0.606. The van der Waals surface area contributed by atoms with E-state index in [-0.39, 0.29) is 6.04 Å². The zero-order valence-corrected chi connectivity index (χ0v) is 12.2. The fourth-order valence-corrected chi connectivity index (χ4v) is 2.89. The minimum absolute atomic E-state index is 0.167. The van der Waals surface area contributed by atoms with E-state index in [0.29, 0.717) is 11.3 Å². The second-order valence-electron chi connectivity index (χ2n) is 4.44. The molecule has 21 heavy (non-hydrogen) atoms. The molecule has 1 N–H and O–H groups in total. The van der Waals surface area contributed by atoms with E-state index in [2.05, 4.69) is 10.3 Å². The molecule has 0 saturated heterocycles. The molecule has 1 atom stereocenters. The molecule has 6 heteroatoms. The average Bonchev–Trinajstić information content (AvgIpc) is 2.48. The Morgan fingerprint density at radius 2 is 2.00 bits per heavy atom. The molecule has 1 aromatic carbocycles. The Labute approximate surface area is 125 Å². The van der Waals surface area contributed by atoms with Gasteiger partial charge in [0.15, 0.2) is 0 Å². The maximum atomic E-state index is 12.8. The van der Waals surface area contributed by atoms with Gasteiger partial charge >= 0.3 is 6.18 Å². The largest absolute Gasteiger partial charge is 0.416 e. The fourth-order valence-electron chi connectivity index (χ4n) is 1.88. The molecule has 0 radical (unpaired) electrons. The number of benzene rings is 1. The lowest BCUT2D eigenvalue weighted by molar-refractivity contribution is -0.137. The van der Waals surface area contributed by atoms with Crippen LogP contribution in [0.3, 0.4) is 0 Å².